The van der Waals surface area contributed by atoms with Crippen molar-refractivity contribution in [2.24, 2.45) is 0 Å². The zero-order chi connectivity index (χ0) is 14.4. The number of amides is 1. The number of hydrogen-bond acceptors (Lipinski definition) is 5. The molecule has 1 rings (SSSR count). The van der Waals surface area contributed by atoms with E-state index in [1.165, 1.54) is 17.8 Å². The van der Waals surface area contributed by atoms with Gasteiger partial charge in [-0.2, -0.15) is 0 Å². The van der Waals surface area contributed by atoms with Crippen LogP contribution in [0.2, 0.25) is 0 Å². The Kier molecular flexibility index (Phi) is 5.78. The second kappa shape index (κ2) is 7.10. The molecule has 1 unspecified atom stereocenters. The molecule has 104 valence electrons. The third kappa shape index (κ3) is 4.53. The standard InChI is InChI=1S/C12H16N2O4S/c1-8(15)5-6-13-12(16)9-3-4-11(19-2)10(7-9)14(17)18/h3-4,7-8,15H,5-6H2,1-2H3,(H,13,16). The van der Waals surface area contributed by atoms with Crippen molar-refractivity contribution in [1.82, 2.24) is 5.32 Å². The third-order valence-corrected chi connectivity index (χ3v) is 3.27. The van der Waals surface area contributed by atoms with Gasteiger partial charge in [-0.15, -0.1) is 11.8 Å². The van der Waals surface area contributed by atoms with Crippen LogP contribution >= 0.6 is 11.8 Å². The number of nitro groups is 1. The lowest BCUT2D eigenvalue weighted by molar-refractivity contribution is -0.387. The second-order valence-electron chi connectivity index (χ2n) is 4.04. The van der Waals surface area contributed by atoms with Crippen molar-refractivity contribution in [1.29, 1.82) is 0 Å². The molecule has 0 aromatic heterocycles. The molecule has 0 heterocycles. The van der Waals surface area contributed by atoms with Crippen LogP contribution in [0, 0.1) is 10.1 Å². The summed E-state index contributed by atoms with van der Waals surface area (Å²) in [5.41, 5.74) is 0.172. The molecule has 6 nitrogen and oxygen atoms in total. The van der Waals surface area contributed by atoms with E-state index in [4.69, 9.17) is 5.11 Å². The predicted molar refractivity (Wildman–Crippen MR) is 73.5 cm³/mol. The van der Waals surface area contributed by atoms with E-state index in [2.05, 4.69) is 5.32 Å². The summed E-state index contributed by atoms with van der Waals surface area (Å²) in [7, 11) is 0. The summed E-state index contributed by atoms with van der Waals surface area (Å²) >= 11 is 1.26. The fraction of sp³-hybridized carbons (Fsp3) is 0.417. The highest BCUT2D eigenvalue weighted by atomic mass is 32.2. The van der Waals surface area contributed by atoms with Crippen LogP contribution in [-0.2, 0) is 0 Å². The van der Waals surface area contributed by atoms with Gasteiger partial charge in [-0.05, 0) is 31.7 Å². The van der Waals surface area contributed by atoms with Crippen LogP contribution in [0.5, 0.6) is 0 Å². The number of nitrogens with zero attached hydrogens (tertiary/aromatic N) is 1. The largest absolute Gasteiger partial charge is 0.393 e. The molecule has 0 aliphatic rings. The minimum atomic E-state index is -0.502. The van der Waals surface area contributed by atoms with Gasteiger partial charge in [0.2, 0.25) is 0 Å². The van der Waals surface area contributed by atoms with Gasteiger partial charge in [0.15, 0.2) is 0 Å². The van der Waals surface area contributed by atoms with Crippen LogP contribution < -0.4 is 5.32 Å². The Balaban J connectivity index is 2.81. The van der Waals surface area contributed by atoms with E-state index in [1.54, 1.807) is 25.3 Å². The van der Waals surface area contributed by atoms with Crippen LogP contribution in [-0.4, -0.2) is 34.8 Å². The van der Waals surface area contributed by atoms with Crippen molar-refractivity contribution in [2.75, 3.05) is 12.8 Å². The van der Waals surface area contributed by atoms with E-state index in [9.17, 15) is 14.9 Å². The fourth-order valence-electron chi connectivity index (χ4n) is 1.47. The molecule has 0 bridgehead atoms. The van der Waals surface area contributed by atoms with Gasteiger partial charge in [0.05, 0.1) is 15.9 Å². The minimum absolute atomic E-state index is 0.0734. The van der Waals surface area contributed by atoms with Gasteiger partial charge in [0.25, 0.3) is 11.6 Å². The van der Waals surface area contributed by atoms with E-state index < -0.39 is 11.0 Å². The lowest BCUT2D eigenvalue weighted by atomic mass is 10.2. The Morgan fingerprint density at radius 1 is 1.58 bits per heavy atom. The summed E-state index contributed by atoms with van der Waals surface area (Å²) in [6, 6.07) is 4.38. The maximum Gasteiger partial charge on any atom is 0.283 e. The van der Waals surface area contributed by atoms with Crippen molar-refractivity contribution in [3.63, 3.8) is 0 Å². The van der Waals surface area contributed by atoms with Crippen LogP contribution in [0.3, 0.4) is 0 Å². The first-order valence-corrected chi connectivity index (χ1v) is 6.97. The van der Waals surface area contributed by atoms with Gasteiger partial charge in [-0.25, -0.2) is 0 Å². The molecule has 19 heavy (non-hydrogen) atoms. The normalized spacial score (nSPS) is 11.9. The Morgan fingerprint density at radius 2 is 2.26 bits per heavy atom. The fourth-order valence-corrected chi connectivity index (χ4v) is 2.02. The number of aliphatic hydroxyl groups is 1. The number of carbonyl (C=O) groups is 1. The number of carbonyl (C=O) groups excluding carboxylic acids is 1. The first-order valence-electron chi connectivity index (χ1n) is 5.74. The molecule has 0 aliphatic carbocycles. The number of benzene rings is 1. The molecule has 1 aromatic rings. The number of nitro benzene ring substituents is 1. The first-order chi connectivity index (χ1) is 8.95. The maximum absolute atomic E-state index is 11.8. The molecule has 7 heteroatoms. The van der Waals surface area contributed by atoms with Gasteiger partial charge in [0.1, 0.15) is 0 Å². The van der Waals surface area contributed by atoms with Crippen molar-refractivity contribution in [2.45, 2.75) is 24.3 Å². The highest BCUT2D eigenvalue weighted by molar-refractivity contribution is 7.98. The highest BCUT2D eigenvalue weighted by Gasteiger charge is 2.16. The highest BCUT2D eigenvalue weighted by Crippen LogP contribution is 2.28. The summed E-state index contributed by atoms with van der Waals surface area (Å²) in [5.74, 6) is -0.378. The zero-order valence-electron chi connectivity index (χ0n) is 10.8. The SMILES string of the molecule is CSc1ccc(C(=O)NCCC(C)O)cc1[N+](=O)[O-]. The van der Waals surface area contributed by atoms with E-state index >= 15 is 0 Å². The number of rotatable bonds is 6. The topological polar surface area (TPSA) is 92.5 Å². The van der Waals surface area contributed by atoms with E-state index in [-0.39, 0.29) is 17.2 Å². The van der Waals surface area contributed by atoms with Gasteiger partial charge < -0.3 is 10.4 Å². The molecular formula is C12H16N2O4S. The first kappa shape index (κ1) is 15.5. The van der Waals surface area contributed by atoms with Crippen LogP contribution in [0.1, 0.15) is 23.7 Å². The molecule has 0 saturated carbocycles. The lowest BCUT2D eigenvalue weighted by Crippen LogP contribution is -2.26. The monoisotopic (exact) mass is 284 g/mol. The number of nitrogens with one attached hydrogen (secondary N) is 1. The molecular weight excluding hydrogens is 268 g/mol. The summed E-state index contributed by atoms with van der Waals surface area (Å²) in [6.07, 6.45) is 1.69. The van der Waals surface area contributed by atoms with Crippen molar-refractivity contribution in [3.05, 3.63) is 33.9 Å². The summed E-state index contributed by atoms with van der Waals surface area (Å²) in [5, 5.41) is 22.6. The Hall–Kier alpha value is -1.60. The molecule has 1 atom stereocenters. The quantitative estimate of drug-likeness (QED) is 0.472. The maximum atomic E-state index is 11.8. The van der Waals surface area contributed by atoms with Gasteiger partial charge in [0, 0.05) is 18.2 Å². The Labute approximate surface area is 115 Å². The predicted octanol–water partition coefficient (Wildman–Crippen LogP) is 1.82. The van der Waals surface area contributed by atoms with Crippen LogP contribution in [0.4, 0.5) is 5.69 Å². The summed E-state index contributed by atoms with van der Waals surface area (Å²) in [6.45, 7) is 1.96. The average molecular weight is 284 g/mol. The molecule has 0 spiro atoms. The van der Waals surface area contributed by atoms with E-state index in [0.29, 0.717) is 17.9 Å². The zero-order valence-corrected chi connectivity index (χ0v) is 11.6. The summed E-state index contributed by atoms with van der Waals surface area (Å²) in [4.78, 5) is 22.7. The van der Waals surface area contributed by atoms with Crippen molar-refractivity contribution >= 4 is 23.4 Å². The Bertz CT molecular complexity index is 477. The Morgan fingerprint density at radius 3 is 2.79 bits per heavy atom. The van der Waals surface area contributed by atoms with Crippen molar-refractivity contribution < 1.29 is 14.8 Å². The molecule has 1 amide bonds. The van der Waals surface area contributed by atoms with Gasteiger partial charge >= 0.3 is 0 Å². The molecule has 0 saturated heterocycles. The van der Waals surface area contributed by atoms with Gasteiger partial charge in [-0.3, -0.25) is 14.9 Å². The molecule has 0 fully saturated rings. The molecule has 2 N–H and O–H groups in total. The third-order valence-electron chi connectivity index (χ3n) is 2.49. The van der Waals surface area contributed by atoms with Crippen molar-refractivity contribution in [3.8, 4) is 0 Å². The summed E-state index contributed by atoms with van der Waals surface area (Å²) < 4.78 is 0. The van der Waals surface area contributed by atoms with Crippen LogP contribution in [0.25, 0.3) is 0 Å². The lowest BCUT2D eigenvalue weighted by Gasteiger charge is -2.07. The van der Waals surface area contributed by atoms with E-state index in [0.717, 1.165) is 0 Å². The molecule has 0 radical (unpaired) electrons. The average Bonchev–Trinajstić information content (AvgIpc) is 2.37. The minimum Gasteiger partial charge on any atom is -0.393 e. The second-order valence-corrected chi connectivity index (χ2v) is 4.89. The number of thioether (sulfide) groups is 1. The number of aliphatic hydroxyl groups excluding tert-OH is 1. The van der Waals surface area contributed by atoms with Gasteiger partial charge in [-0.1, -0.05) is 0 Å². The van der Waals surface area contributed by atoms with E-state index in [1.807, 2.05) is 0 Å². The number of hydrogen-bond donors (Lipinski definition) is 2. The smallest absolute Gasteiger partial charge is 0.283 e. The molecule has 0 aliphatic heterocycles. The molecule has 1 aromatic carbocycles. The van der Waals surface area contributed by atoms with Crippen LogP contribution in [0.15, 0.2) is 23.1 Å².